The van der Waals surface area contributed by atoms with Crippen molar-refractivity contribution in [3.05, 3.63) is 22.8 Å². The number of aromatic nitrogens is 1. The molecule has 0 saturated carbocycles. The van der Waals surface area contributed by atoms with Crippen molar-refractivity contribution in [1.29, 1.82) is 0 Å². The number of nitrogens with two attached hydrogens (primary N) is 1. The van der Waals surface area contributed by atoms with Crippen LogP contribution in [0, 0.1) is 0 Å². The van der Waals surface area contributed by atoms with Gasteiger partial charge in [0.1, 0.15) is 11.0 Å². The second kappa shape index (κ2) is 5.81. The highest BCUT2D eigenvalue weighted by Gasteiger charge is 2.15. The van der Waals surface area contributed by atoms with Gasteiger partial charge in [0.15, 0.2) is 0 Å². The monoisotopic (exact) mass is 258 g/mol. The smallest absolute Gasteiger partial charge is 0.253 e. The number of hydrogen-bond donors (Lipinski definition) is 3. The molecule has 94 valence electrons. The fraction of sp³-hybridized carbons (Fsp3) is 0.400. The van der Waals surface area contributed by atoms with Gasteiger partial charge in [0.05, 0.1) is 6.10 Å². The number of pyridine rings is 1. The van der Waals surface area contributed by atoms with Crippen molar-refractivity contribution >= 4 is 23.3 Å². The second-order valence-corrected chi connectivity index (χ2v) is 4.13. The summed E-state index contributed by atoms with van der Waals surface area (Å²) in [5.74, 6) is 5.26. The number of hydrogen-bond acceptors (Lipinski definition) is 5. The average molecular weight is 259 g/mol. The first kappa shape index (κ1) is 13.7. The highest BCUT2D eigenvalue weighted by molar-refractivity contribution is 6.29. The maximum absolute atomic E-state index is 12.0. The van der Waals surface area contributed by atoms with Crippen molar-refractivity contribution in [3.8, 4) is 0 Å². The Morgan fingerprint density at radius 1 is 1.71 bits per heavy atom. The third-order valence-corrected chi connectivity index (χ3v) is 2.27. The molecule has 1 unspecified atom stereocenters. The zero-order chi connectivity index (χ0) is 13.0. The predicted octanol–water partition coefficient (Wildman–Crippen LogP) is 0.473. The van der Waals surface area contributed by atoms with Gasteiger partial charge in [0.2, 0.25) is 0 Å². The molecule has 0 aliphatic heterocycles. The van der Waals surface area contributed by atoms with E-state index in [0.717, 1.165) is 0 Å². The molecule has 4 N–H and O–H groups in total. The van der Waals surface area contributed by atoms with E-state index >= 15 is 0 Å². The summed E-state index contributed by atoms with van der Waals surface area (Å²) >= 11 is 5.76. The van der Waals surface area contributed by atoms with Crippen LogP contribution in [0.1, 0.15) is 17.3 Å². The Bertz CT molecular complexity index is 411. The number of aliphatic hydroxyl groups is 1. The van der Waals surface area contributed by atoms with Crippen molar-refractivity contribution in [1.82, 2.24) is 9.88 Å². The molecule has 1 rings (SSSR count). The molecule has 1 aromatic rings. The number of amides is 1. The van der Waals surface area contributed by atoms with Gasteiger partial charge in [-0.15, -0.1) is 0 Å². The minimum absolute atomic E-state index is 0.175. The van der Waals surface area contributed by atoms with Crippen molar-refractivity contribution < 1.29 is 9.90 Å². The van der Waals surface area contributed by atoms with Crippen molar-refractivity contribution in [2.75, 3.05) is 19.0 Å². The van der Waals surface area contributed by atoms with Crippen LogP contribution in [-0.4, -0.2) is 40.6 Å². The number of carbonyl (C=O) groups excluding carboxylic acids is 1. The fourth-order valence-corrected chi connectivity index (χ4v) is 1.60. The van der Waals surface area contributed by atoms with Crippen molar-refractivity contribution in [2.45, 2.75) is 13.0 Å². The lowest BCUT2D eigenvalue weighted by molar-refractivity contribution is 0.0703. The van der Waals surface area contributed by atoms with E-state index in [0.29, 0.717) is 11.4 Å². The van der Waals surface area contributed by atoms with Gasteiger partial charge >= 0.3 is 0 Å². The Kier molecular flexibility index (Phi) is 4.68. The molecule has 0 spiro atoms. The topological polar surface area (TPSA) is 91.5 Å². The lowest BCUT2D eigenvalue weighted by Crippen LogP contribution is -2.33. The molecule has 0 fully saturated rings. The Morgan fingerprint density at radius 2 is 2.35 bits per heavy atom. The molecule has 0 bridgehead atoms. The number of carbonyl (C=O) groups is 1. The first-order chi connectivity index (χ1) is 7.93. The Balaban J connectivity index is 2.91. The van der Waals surface area contributed by atoms with Crippen LogP contribution in [0.3, 0.4) is 0 Å². The number of likely N-dealkylation sites (N-methyl/N-ethyl adjacent to an activating group) is 1. The van der Waals surface area contributed by atoms with Gasteiger partial charge in [-0.25, -0.2) is 10.8 Å². The lowest BCUT2D eigenvalue weighted by atomic mass is 10.2. The summed E-state index contributed by atoms with van der Waals surface area (Å²) in [6.45, 7) is 1.85. The minimum atomic E-state index is -0.589. The van der Waals surface area contributed by atoms with Gasteiger partial charge in [-0.2, -0.15) is 0 Å². The number of hydrazine groups is 1. The van der Waals surface area contributed by atoms with Crippen LogP contribution >= 0.6 is 11.6 Å². The van der Waals surface area contributed by atoms with Gasteiger partial charge in [0.25, 0.3) is 5.91 Å². The van der Waals surface area contributed by atoms with Crippen LogP contribution in [0.15, 0.2) is 12.1 Å². The molecular formula is C10H15ClN4O2. The summed E-state index contributed by atoms with van der Waals surface area (Å²) in [6, 6.07) is 2.94. The number of aliphatic hydroxyl groups excluding tert-OH is 1. The SMILES string of the molecule is CC(O)CN(C)C(=O)c1cc(Cl)nc(NN)c1. The largest absolute Gasteiger partial charge is 0.392 e. The summed E-state index contributed by atoms with van der Waals surface area (Å²) in [6.07, 6.45) is -0.589. The van der Waals surface area contributed by atoms with E-state index in [1.165, 1.54) is 17.0 Å². The van der Waals surface area contributed by atoms with Gasteiger partial charge < -0.3 is 15.4 Å². The van der Waals surface area contributed by atoms with Crippen molar-refractivity contribution in [3.63, 3.8) is 0 Å². The molecule has 1 aromatic heterocycles. The third-order valence-electron chi connectivity index (χ3n) is 2.07. The normalized spacial score (nSPS) is 12.1. The predicted molar refractivity (Wildman–Crippen MR) is 65.7 cm³/mol. The fourth-order valence-electron chi connectivity index (χ4n) is 1.39. The lowest BCUT2D eigenvalue weighted by Gasteiger charge is -2.19. The summed E-state index contributed by atoms with van der Waals surface area (Å²) in [5, 5.41) is 9.38. The van der Waals surface area contributed by atoms with Crippen LogP contribution in [0.4, 0.5) is 5.82 Å². The highest BCUT2D eigenvalue weighted by Crippen LogP contribution is 2.15. The minimum Gasteiger partial charge on any atom is -0.392 e. The molecule has 7 heteroatoms. The van der Waals surface area contributed by atoms with E-state index in [4.69, 9.17) is 17.4 Å². The molecule has 0 aliphatic rings. The molecule has 17 heavy (non-hydrogen) atoms. The summed E-state index contributed by atoms with van der Waals surface area (Å²) in [7, 11) is 1.60. The number of nitrogens with one attached hydrogen (secondary N) is 1. The van der Waals surface area contributed by atoms with Crippen molar-refractivity contribution in [2.24, 2.45) is 5.84 Å². The van der Waals surface area contributed by atoms with E-state index < -0.39 is 6.10 Å². The number of rotatable bonds is 4. The number of halogens is 1. The molecule has 0 saturated heterocycles. The molecule has 6 nitrogen and oxygen atoms in total. The first-order valence-corrected chi connectivity index (χ1v) is 5.39. The zero-order valence-corrected chi connectivity index (χ0v) is 10.4. The Morgan fingerprint density at radius 3 is 2.88 bits per heavy atom. The van der Waals surface area contributed by atoms with Gasteiger partial charge in [0, 0.05) is 19.2 Å². The van der Waals surface area contributed by atoms with E-state index in [9.17, 15) is 9.90 Å². The van der Waals surface area contributed by atoms with Crippen LogP contribution in [-0.2, 0) is 0 Å². The molecular weight excluding hydrogens is 244 g/mol. The van der Waals surface area contributed by atoms with Gasteiger partial charge in [-0.05, 0) is 19.1 Å². The van der Waals surface area contributed by atoms with Crippen LogP contribution < -0.4 is 11.3 Å². The molecule has 1 amide bonds. The Labute approximate surface area is 104 Å². The third kappa shape index (κ3) is 3.85. The summed E-state index contributed by atoms with van der Waals surface area (Å²) in [5.41, 5.74) is 2.69. The maximum atomic E-state index is 12.0. The zero-order valence-electron chi connectivity index (χ0n) is 9.64. The number of nitrogens with zero attached hydrogens (tertiary/aromatic N) is 2. The van der Waals surface area contributed by atoms with E-state index in [-0.39, 0.29) is 17.6 Å². The quantitative estimate of drug-likeness (QED) is 0.415. The summed E-state index contributed by atoms with van der Waals surface area (Å²) < 4.78 is 0. The van der Waals surface area contributed by atoms with Gasteiger partial charge in [-0.3, -0.25) is 4.79 Å². The average Bonchev–Trinajstić information content (AvgIpc) is 2.26. The van der Waals surface area contributed by atoms with E-state index in [1.807, 2.05) is 0 Å². The number of nitrogen functional groups attached to an aromatic ring is 1. The first-order valence-electron chi connectivity index (χ1n) is 5.01. The highest BCUT2D eigenvalue weighted by atomic mass is 35.5. The molecule has 1 heterocycles. The van der Waals surface area contributed by atoms with Crippen LogP contribution in [0.2, 0.25) is 5.15 Å². The standard InChI is InChI=1S/C10H15ClN4O2/c1-6(16)5-15(2)10(17)7-3-8(11)13-9(4-7)14-12/h3-4,6,16H,5,12H2,1-2H3,(H,13,14). The van der Waals surface area contributed by atoms with Crippen LogP contribution in [0.5, 0.6) is 0 Å². The summed E-state index contributed by atoms with van der Waals surface area (Å²) in [4.78, 5) is 17.2. The van der Waals surface area contributed by atoms with E-state index in [1.54, 1.807) is 14.0 Å². The Hall–Kier alpha value is -1.37. The van der Waals surface area contributed by atoms with Crippen LogP contribution in [0.25, 0.3) is 0 Å². The second-order valence-electron chi connectivity index (χ2n) is 3.74. The number of anilines is 1. The van der Waals surface area contributed by atoms with Gasteiger partial charge in [-0.1, -0.05) is 11.6 Å². The molecule has 0 radical (unpaired) electrons. The van der Waals surface area contributed by atoms with E-state index in [2.05, 4.69) is 10.4 Å². The molecule has 0 aromatic carbocycles. The molecule has 0 aliphatic carbocycles. The maximum Gasteiger partial charge on any atom is 0.253 e. The molecule has 1 atom stereocenters.